The number of amides is 1. The number of hydrogen-bond donors (Lipinski definition) is 1. The van der Waals surface area contributed by atoms with Gasteiger partial charge in [-0.2, -0.15) is 0 Å². The van der Waals surface area contributed by atoms with Crippen LogP contribution in [0, 0.1) is 20.8 Å². The van der Waals surface area contributed by atoms with E-state index in [0.717, 1.165) is 16.7 Å². The Balaban J connectivity index is 1.75. The zero-order valence-corrected chi connectivity index (χ0v) is 21.1. The van der Waals surface area contributed by atoms with Crippen LogP contribution in [0.25, 0.3) is 5.76 Å². The van der Waals surface area contributed by atoms with Crippen LogP contribution in [0.1, 0.15) is 39.4 Å². The van der Waals surface area contributed by atoms with Crippen LogP contribution in [0.5, 0.6) is 5.75 Å². The molecular weight excluding hydrogens is 454 g/mol. The predicted molar refractivity (Wildman–Crippen MR) is 139 cm³/mol. The van der Waals surface area contributed by atoms with Gasteiger partial charge in [0.05, 0.1) is 18.2 Å². The summed E-state index contributed by atoms with van der Waals surface area (Å²) in [6.07, 6.45) is 0. The van der Waals surface area contributed by atoms with Crippen molar-refractivity contribution in [3.8, 4) is 5.75 Å². The molecule has 0 aliphatic carbocycles. The molecule has 1 aliphatic rings. The molecular formula is C30H31NO5. The third-order valence-electron chi connectivity index (χ3n) is 6.42. The molecule has 1 N–H and O–H groups in total. The second-order valence-electron chi connectivity index (χ2n) is 9.15. The maximum absolute atomic E-state index is 13.2. The van der Waals surface area contributed by atoms with Gasteiger partial charge < -0.3 is 19.5 Å². The summed E-state index contributed by atoms with van der Waals surface area (Å²) in [5.74, 6) is -0.932. The molecule has 0 bridgehead atoms. The average molecular weight is 486 g/mol. The summed E-state index contributed by atoms with van der Waals surface area (Å²) in [6, 6.07) is 20.3. The number of ether oxygens (including phenoxy) is 2. The molecule has 6 nitrogen and oxygen atoms in total. The Morgan fingerprint density at radius 3 is 2.39 bits per heavy atom. The van der Waals surface area contributed by atoms with Gasteiger partial charge in [-0.1, -0.05) is 59.7 Å². The molecule has 1 aliphatic heterocycles. The second-order valence-corrected chi connectivity index (χ2v) is 9.15. The lowest BCUT2D eigenvalue weighted by molar-refractivity contribution is -0.140. The van der Waals surface area contributed by atoms with Gasteiger partial charge in [-0.05, 0) is 55.7 Å². The second kappa shape index (κ2) is 10.8. The van der Waals surface area contributed by atoms with E-state index in [2.05, 4.69) is 0 Å². The maximum atomic E-state index is 13.2. The van der Waals surface area contributed by atoms with E-state index in [9.17, 15) is 14.7 Å². The van der Waals surface area contributed by atoms with E-state index in [0.29, 0.717) is 23.5 Å². The normalized spacial score (nSPS) is 17.0. The molecule has 1 fully saturated rings. The van der Waals surface area contributed by atoms with Crippen LogP contribution >= 0.6 is 0 Å². The molecule has 3 aromatic carbocycles. The van der Waals surface area contributed by atoms with Crippen molar-refractivity contribution in [2.24, 2.45) is 0 Å². The number of rotatable bonds is 8. The molecule has 1 heterocycles. The van der Waals surface area contributed by atoms with Gasteiger partial charge in [0, 0.05) is 19.2 Å². The van der Waals surface area contributed by atoms with Crippen LogP contribution in [0.2, 0.25) is 0 Å². The van der Waals surface area contributed by atoms with Crippen molar-refractivity contribution in [1.82, 2.24) is 4.90 Å². The largest absolute Gasteiger partial charge is 0.507 e. The highest BCUT2D eigenvalue weighted by molar-refractivity contribution is 6.46. The van der Waals surface area contributed by atoms with E-state index in [1.807, 2.05) is 87.5 Å². The molecule has 0 radical (unpaired) electrons. The van der Waals surface area contributed by atoms with Crippen molar-refractivity contribution in [1.29, 1.82) is 0 Å². The summed E-state index contributed by atoms with van der Waals surface area (Å²) in [5.41, 5.74) is 5.26. The Morgan fingerprint density at radius 2 is 1.67 bits per heavy atom. The van der Waals surface area contributed by atoms with E-state index in [1.54, 1.807) is 7.11 Å². The van der Waals surface area contributed by atoms with Crippen molar-refractivity contribution in [2.75, 3.05) is 20.3 Å². The fourth-order valence-electron chi connectivity index (χ4n) is 4.41. The number of aryl methyl sites for hydroxylation is 3. The number of likely N-dealkylation sites (tertiary alicyclic amines) is 1. The van der Waals surface area contributed by atoms with Crippen LogP contribution in [-0.4, -0.2) is 42.0 Å². The highest BCUT2D eigenvalue weighted by Gasteiger charge is 2.46. The molecule has 1 saturated heterocycles. The standard InChI is InChI=1S/C30H31NO5/c1-19-9-12-22(13-10-19)18-36-24-7-5-6-23(17-24)27-26(29(33)30(34)31(27)14-15-35-4)28(32)25-16-20(2)8-11-21(25)3/h5-13,16-17,27,32H,14-15,18H2,1-4H3/b28-26+. The van der Waals surface area contributed by atoms with Gasteiger partial charge in [0.15, 0.2) is 0 Å². The summed E-state index contributed by atoms with van der Waals surface area (Å²) in [6.45, 7) is 6.67. The zero-order chi connectivity index (χ0) is 25.8. The van der Waals surface area contributed by atoms with Gasteiger partial charge >= 0.3 is 0 Å². The number of nitrogens with zero attached hydrogens (tertiary/aromatic N) is 1. The molecule has 1 unspecified atom stereocenters. The molecule has 0 saturated carbocycles. The molecule has 3 aromatic rings. The van der Waals surface area contributed by atoms with E-state index in [-0.39, 0.29) is 24.5 Å². The number of methoxy groups -OCH3 is 1. The average Bonchev–Trinajstić information content (AvgIpc) is 3.13. The Hall–Kier alpha value is -3.90. The van der Waals surface area contributed by atoms with Gasteiger partial charge in [0.1, 0.15) is 18.1 Å². The van der Waals surface area contributed by atoms with Crippen molar-refractivity contribution >= 4 is 17.4 Å². The molecule has 6 heteroatoms. The highest BCUT2D eigenvalue weighted by atomic mass is 16.5. The van der Waals surface area contributed by atoms with Crippen molar-refractivity contribution in [3.05, 3.63) is 106 Å². The van der Waals surface area contributed by atoms with Crippen LogP contribution < -0.4 is 4.74 Å². The van der Waals surface area contributed by atoms with Crippen LogP contribution in [0.4, 0.5) is 0 Å². The van der Waals surface area contributed by atoms with Crippen LogP contribution in [0.15, 0.2) is 72.3 Å². The van der Waals surface area contributed by atoms with Crippen molar-refractivity contribution in [2.45, 2.75) is 33.4 Å². The first-order chi connectivity index (χ1) is 17.3. The maximum Gasteiger partial charge on any atom is 0.295 e. The van der Waals surface area contributed by atoms with E-state index in [1.165, 1.54) is 10.5 Å². The van der Waals surface area contributed by atoms with Gasteiger partial charge in [-0.15, -0.1) is 0 Å². The van der Waals surface area contributed by atoms with Crippen molar-refractivity contribution in [3.63, 3.8) is 0 Å². The first kappa shape index (κ1) is 25.2. The molecule has 1 amide bonds. The summed E-state index contributed by atoms with van der Waals surface area (Å²) in [7, 11) is 1.54. The molecule has 186 valence electrons. The Kier molecular flexibility index (Phi) is 7.55. The van der Waals surface area contributed by atoms with E-state index < -0.39 is 17.7 Å². The third-order valence-corrected chi connectivity index (χ3v) is 6.42. The van der Waals surface area contributed by atoms with Gasteiger partial charge in [0.2, 0.25) is 0 Å². The van der Waals surface area contributed by atoms with Gasteiger partial charge in [-0.3, -0.25) is 9.59 Å². The third kappa shape index (κ3) is 5.19. The molecule has 1 atom stereocenters. The summed E-state index contributed by atoms with van der Waals surface area (Å²) in [5, 5.41) is 11.3. The number of carbonyl (C=O) groups is 2. The minimum atomic E-state index is -0.761. The Morgan fingerprint density at radius 1 is 0.944 bits per heavy atom. The number of hydrogen-bond acceptors (Lipinski definition) is 5. The minimum Gasteiger partial charge on any atom is -0.507 e. The molecule has 0 aromatic heterocycles. The SMILES string of the molecule is COCCN1C(=O)C(=O)/C(=C(/O)c2cc(C)ccc2C)C1c1cccc(OCc2ccc(C)cc2)c1. The number of aliphatic hydroxyl groups is 1. The predicted octanol–water partition coefficient (Wildman–Crippen LogP) is 5.26. The fourth-order valence-corrected chi connectivity index (χ4v) is 4.41. The smallest absolute Gasteiger partial charge is 0.295 e. The number of benzene rings is 3. The number of carbonyl (C=O) groups excluding carboxylic acids is 2. The quantitative estimate of drug-likeness (QED) is 0.268. The Labute approximate surface area is 211 Å². The molecule has 4 rings (SSSR count). The lowest BCUT2D eigenvalue weighted by Gasteiger charge is -2.25. The topological polar surface area (TPSA) is 76.1 Å². The van der Waals surface area contributed by atoms with E-state index >= 15 is 0 Å². The summed E-state index contributed by atoms with van der Waals surface area (Å²) < 4.78 is 11.2. The van der Waals surface area contributed by atoms with Gasteiger partial charge in [0.25, 0.3) is 11.7 Å². The summed E-state index contributed by atoms with van der Waals surface area (Å²) in [4.78, 5) is 27.7. The number of Topliss-reactive ketones (excluding diaryl/α,β-unsaturated/α-hetero) is 1. The van der Waals surface area contributed by atoms with E-state index in [4.69, 9.17) is 9.47 Å². The summed E-state index contributed by atoms with van der Waals surface area (Å²) >= 11 is 0. The first-order valence-electron chi connectivity index (χ1n) is 11.9. The number of ketones is 1. The van der Waals surface area contributed by atoms with Crippen molar-refractivity contribution < 1.29 is 24.2 Å². The monoisotopic (exact) mass is 485 g/mol. The fraction of sp³-hybridized carbons (Fsp3) is 0.267. The highest BCUT2D eigenvalue weighted by Crippen LogP contribution is 2.40. The molecule has 0 spiro atoms. The lowest BCUT2D eigenvalue weighted by Crippen LogP contribution is -2.32. The number of aliphatic hydroxyl groups excluding tert-OH is 1. The first-order valence-corrected chi connectivity index (χ1v) is 11.9. The van der Waals surface area contributed by atoms with Gasteiger partial charge in [-0.25, -0.2) is 0 Å². The minimum absolute atomic E-state index is 0.0699. The zero-order valence-electron chi connectivity index (χ0n) is 21.1. The van der Waals surface area contributed by atoms with Crippen LogP contribution in [0.3, 0.4) is 0 Å². The lowest BCUT2D eigenvalue weighted by atomic mass is 9.93. The van der Waals surface area contributed by atoms with Crippen LogP contribution in [-0.2, 0) is 20.9 Å². The molecule has 36 heavy (non-hydrogen) atoms. The Bertz CT molecular complexity index is 1310.